The van der Waals surface area contributed by atoms with Crippen molar-refractivity contribution in [1.29, 1.82) is 0 Å². The smallest absolute Gasteiger partial charge is 0.410 e. The van der Waals surface area contributed by atoms with Gasteiger partial charge in [-0.1, -0.05) is 30.3 Å². The molecule has 2 amide bonds. The third kappa shape index (κ3) is 4.00. The van der Waals surface area contributed by atoms with Crippen molar-refractivity contribution in [3.05, 3.63) is 35.9 Å². The molecule has 2 aliphatic heterocycles. The van der Waals surface area contributed by atoms with E-state index in [0.29, 0.717) is 25.9 Å². The molecule has 6 heteroatoms. The number of aldehydes is 1. The first-order chi connectivity index (χ1) is 12.2. The van der Waals surface area contributed by atoms with Crippen LogP contribution in [0.2, 0.25) is 0 Å². The predicted molar refractivity (Wildman–Crippen MR) is 91.8 cm³/mol. The fourth-order valence-electron chi connectivity index (χ4n) is 3.61. The van der Waals surface area contributed by atoms with E-state index in [0.717, 1.165) is 31.1 Å². The summed E-state index contributed by atoms with van der Waals surface area (Å²) in [5.41, 5.74) is 0.912. The van der Waals surface area contributed by atoms with E-state index < -0.39 is 12.1 Å². The highest BCUT2D eigenvalue weighted by molar-refractivity contribution is 5.88. The Hall–Kier alpha value is -2.37. The zero-order valence-corrected chi connectivity index (χ0v) is 14.3. The molecule has 2 saturated heterocycles. The van der Waals surface area contributed by atoms with Crippen LogP contribution in [0.4, 0.5) is 4.79 Å². The molecule has 25 heavy (non-hydrogen) atoms. The van der Waals surface area contributed by atoms with E-state index in [2.05, 4.69) is 0 Å². The average molecular weight is 344 g/mol. The van der Waals surface area contributed by atoms with Crippen molar-refractivity contribution in [1.82, 2.24) is 9.80 Å². The maximum Gasteiger partial charge on any atom is 0.410 e. The second-order valence-corrected chi connectivity index (χ2v) is 6.62. The third-order valence-corrected chi connectivity index (χ3v) is 4.97. The minimum atomic E-state index is -0.510. The van der Waals surface area contributed by atoms with Crippen LogP contribution in [0.15, 0.2) is 30.3 Å². The quantitative estimate of drug-likeness (QED) is 0.787. The summed E-state index contributed by atoms with van der Waals surface area (Å²) in [6.45, 7) is 1.30. The molecule has 2 atom stereocenters. The van der Waals surface area contributed by atoms with Crippen molar-refractivity contribution in [2.75, 3.05) is 13.1 Å². The molecular weight excluding hydrogens is 320 g/mol. The van der Waals surface area contributed by atoms with Gasteiger partial charge in [0.2, 0.25) is 5.91 Å². The van der Waals surface area contributed by atoms with Crippen molar-refractivity contribution in [2.24, 2.45) is 0 Å². The van der Waals surface area contributed by atoms with Crippen molar-refractivity contribution in [3.63, 3.8) is 0 Å². The SMILES string of the molecule is O=C[C@@H]1CCCCN1C(=O)[C@@H]1CCCN1C(=O)OCc1ccccc1. The Kier molecular flexibility index (Phi) is 5.68. The first-order valence-electron chi connectivity index (χ1n) is 8.94. The lowest BCUT2D eigenvalue weighted by Gasteiger charge is -2.36. The third-order valence-electron chi connectivity index (χ3n) is 4.97. The molecule has 3 rings (SSSR count). The van der Waals surface area contributed by atoms with Gasteiger partial charge in [-0.3, -0.25) is 9.69 Å². The molecule has 2 heterocycles. The molecule has 0 saturated carbocycles. The Morgan fingerprint density at radius 2 is 1.80 bits per heavy atom. The van der Waals surface area contributed by atoms with Gasteiger partial charge in [-0.25, -0.2) is 4.79 Å². The van der Waals surface area contributed by atoms with Crippen LogP contribution in [-0.2, 0) is 20.9 Å². The van der Waals surface area contributed by atoms with Gasteiger partial charge in [0, 0.05) is 13.1 Å². The van der Waals surface area contributed by atoms with Gasteiger partial charge in [0.15, 0.2) is 0 Å². The summed E-state index contributed by atoms with van der Waals surface area (Å²) >= 11 is 0. The zero-order valence-electron chi connectivity index (χ0n) is 14.3. The molecule has 2 aliphatic rings. The molecule has 0 spiro atoms. The highest BCUT2D eigenvalue weighted by Crippen LogP contribution is 2.24. The lowest BCUT2D eigenvalue weighted by atomic mass is 10.0. The van der Waals surface area contributed by atoms with Gasteiger partial charge in [0.25, 0.3) is 0 Å². The molecule has 0 aliphatic carbocycles. The molecule has 0 unspecified atom stereocenters. The van der Waals surface area contributed by atoms with Gasteiger partial charge in [0.05, 0.1) is 6.04 Å². The summed E-state index contributed by atoms with van der Waals surface area (Å²) in [7, 11) is 0. The van der Waals surface area contributed by atoms with Crippen molar-refractivity contribution in [3.8, 4) is 0 Å². The second kappa shape index (κ2) is 8.14. The molecule has 1 aromatic carbocycles. The largest absolute Gasteiger partial charge is 0.445 e. The zero-order chi connectivity index (χ0) is 17.6. The van der Waals surface area contributed by atoms with Crippen LogP contribution in [0.25, 0.3) is 0 Å². The topological polar surface area (TPSA) is 66.9 Å². The lowest BCUT2D eigenvalue weighted by molar-refractivity contribution is -0.141. The molecule has 2 fully saturated rings. The number of nitrogens with zero attached hydrogens (tertiary/aromatic N) is 2. The fourth-order valence-corrected chi connectivity index (χ4v) is 3.61. The van der Waals surface area contributed by atoms with Crippen LogP contribution in [0.1, 0.15) is 37.7 Å². The van der Waals surface area contributed by atoms with E-state index in [-0.39, 0.29) is 18.6 Å². The Labute approximate surface area is 147 Å². The number of rotatable bonds is 4. The highest BCUT2D eigenvalue weighted by Gasteiger charge is 2.39. The number of ether oxygens (including phenoxy) is 1. The summed E-state index contributed by atoms with van der Waals surface area (Å²) < 4.78 is 5.38. The molecule has 0 radical (unpaired) electrons. The first kappa shape index (κ1) is 17.5. The minimum absolute atomic E-state index is 0.119. The summed E-state index contributed by atoms with van der Waals surface area (Å²) in [5, 5.41) is 0. The standard InChI is InChI=1S/C19H24N2O4/c22-13-16-9-4-5-11-20(16)18(23)17-10-6-12-21(17)19(24)25-14-15-7-2-1-3-8-15/h1-3,7-8,13,16-17H,4-6,9-12,14H2/t16-,17-/m0/s1. The number of carbonyl (C=O) groups is 3. The van der Waals surface area contributed by atoms with Gasteiger partial charge < -0.3 is 14.4 Å². The highest BCUT2D eigenvalue weighted by atomic mass is 16.6. The number of hydrogen-bond acceptors (Lipinski definition) is 4. The summed E-state index contributed by atoms with van der Waals surface area (Å²) in [5.74, 6) is -0.119. The monoisotopic (exact) mass is 344 g/mol. The van der Waals surface area contributed by atoms with Crippen molar-refractivity contribution >= 4 is 18.3 Å². The van der Waals surface area contributed by atoms with Crippen LogP contribution in [-0.4, -0.2) is 53.3 Å². The van der Waals surface area contributed by atoms with Crippen LogP contribution >= 0.6 is 0 Å². The summed E-state index contributed by atoms with van der Waals surface area (Å²) in [4.78, 5) is 39.7. The van der Waals surface area contributed by atoms with E-state index in [1.54, 1.807) is 4.90 Å². The summed E-state index contributed by atoms with van der Waals surface area (Å²) in [6, 6.07) is 8.60. The minimum Gasteiger partial charge on any atom is -0.445 e. The van der Waals surface area contributed by atoms with Crippen LogP contribution in [0.5, 0.6) is 0 Å². The number of carbonyl (C=O) groups excluding carboxylic acids is 3. The molecule has 134 valence electrons. The van der Waals surface area contributed by atoms with Gasteiger partial charge in [0.1, 0.15) is 18.9 Å². The Morgan fingerprint density at radius 1 is 1.04 bits per heavy atom. The van der Waals surface area contributed by atoms with E-state index in [9.17, 15) is 14.4 Å². The van der Waals surface area contributed by atoms with E-state index in [1.165, 1.54) is 4.90 Å². The lowest BCUT2D eigenvalue weighted by Crippen LogP contribution is -2.53. The Balaban J connectivity index is 1.62. The molecule has 0 aromatic heterocycles. The van der Waals surface area contributed by atoms with Crippen molar-refractivity contribution in [2.45, 2.75) is 50.8 Å². The molecule has 6 nitrogen and oxygen atoms in total. The van der Waals surface area contributed by atoms with Crippen LogP contribution < -0.4 is 0 Å². The normalized spacial score (nSPS) is 23.4. The fraction of sp³-hybridized carbons (Fsp3) is 0.526. The molecule has 0 bridgehead atoms. The Bertz CT molecular complexity index is 619. The molecule has 0 N–H and O–H groups in total. The second-order valence-electron chi connectivity index (χ2n) is 6.62. The summed E-state index contributed by atoms with van der Waals surface area (Å²) in [6.07, 6.45) is 4.36. The van der Waals surface area contributed by atoms with Crippen molar-refractivity contribution < 1.29 is 19.1 Å². The number of likely N-dealkylation sites (tertiary alicyclic amines) is 2. The number of benzene rings is 1. The van der Waals surface area contributed by atoms with Crippen LogP contribution in [0, 0.1) is 0 Å². The van der Waals surface area contributed by atoms with Crippen LogP contribution in [0.3, 0.4) is 0 Å². The maximum absolute atomic E-state index is 12.9. The number of amides is 2. The molecular formula is C19H24N2O4. The number of hydrogen-bond donors (Lipinski definition) is 0. The van der Waals surface area contributed by atoms with Gasteiger partial charge in [-0.2, -0.15) is 0 Å². The first-order valence-corrected chi connectivity index (χ1v) is 8.94. The van der Waals surface area contributed by atoms with E-state index in [1.807, 2.05) is 30.3 Å². The van der Waals surface area contributed by atoms with E-state index in [4.69, 9.17) is 4.74 Å². The number of piperidine rings is 1. The molecule has 1 aromatic rings. The average Bonchev–Trinajstić information content (AvgIpc) is 3.16. The van der Waals surface area contributed by atoms with E-state index >= 15 is 0 Å². The van der Waals surface area contributed by atoms with Gasteiger partial charge in [-0.05, 0) is 37.7 Å². The Morgan fingerprint density at radius 3 is 2.56 bits per heavy atom. The predicted octanol–water partition coefficient (Wildman–Crippen LogP) is 2.37. The van der Waals surface area contributed by atoms with Gasteiger partial charge in [-0.15, -0.1) is 0 Å². The maximum atomic E-state index is 12.9. The van der Waals surface area contributed by atoms with Gasteiger partial charge >= 0.3 is 6.09 Å².